The second-order valence-corrected chi connectivity index (χ2v) is 7.57. The monoisotopic (exact) mass is 414 g/mol. The van der Waals surface area contributed by atoms with Crippen molar-refractivity contribution in [2.45, 2.75) is 58.5 Å². The summed E-state index contributed by atoms with van der Waals surface area (Å²) in [7, 11) is 0. The Hall–Kier alpha value is -2.33. The molecule has 0 unspecified atom stereocenters. The lowest BCUT2D eigenvalue weighted by molar-refractivity contribution is -0.141. The summed E-state index contributed by atoms with van der Waals surface area (Å²) < 4.78 is 0. The lowest BCUT2D eigenvalue weighted by Gasteiger charge is -2.31. The molecule has 0 aliphatic heterocycles. The van der Waals surface area contributed by atoms with Gasteiger partial charge in [0.2, 0.25) is 11.8 Å². The van der Waals surface area contributed by atoms with Crippen LogP contribution in [0.4, 0.5) is 0 Å². The minimum absolute atomic E-state index is 0.0359. The van der Waals surface area contributed by atoms with Gasteiger partial charge >= 0.3 is 0 Å². The fraction of sp³-hybridized carbons (Fsp3) is 0.417. The van der Waals surface area contributed by atoms with Crippen molar-refractivity contribution in [3.8, 4) is 0 Å². The maximum absolute atomic E-state index is 13.2. The fourth-order valence-electron chi connectivity index (χ4n) is 3.28. The Balaban J connectivity index is 2.17. The molecular formula is C24H31ClN2O2. The van der Waals surface area contributed by atoms with Crippen molar-refractivity contribution in [2.75, 3.05) is 6.54 Å². The fourth-order valence-corrected chi connectivity index (χ4v) is 3.47. The molecule has 2 aromatic rings. The van der Waals surface area contributed by atoms with Crippen molar-refractivity contribution in [2.24, 2.45) is 0 Å². The number of nitrogens with one attached hydrogen (secondary N) is 1. The van der Waals surface area contributed by atoms with Crippen LogP contribution in [0.2, 0.25) is 5.02 Å². The van der Waals surface area contributed by atoms with Gasteiger partial charge in [-0.3, -0.25) is 9.59 Å². The first-order valence-corrected chi connectivity index (χ1v) is 10.8. The first kappa shape index (κ1) is 23.0. The summed E-state index contributed by atoms with van der Waals surface area (Å²) in [4.78, 5) is 27.7. The molecule has 156 valence electrons. The standard InChI is InChI=1S/C24H31ClN2O2/c1-3-5-17-26-24(29)22(4-2)27(18-20-13-9-10-14-21(20)25)23(28)16-15-19-11-7-6-8-12-19/h6-14,22H,3-5,15-18H2,1-2H3,(H,26,29)/t22-/m1/s1. The molecule has 0 aliphatic carbocycles. The molecule has 1 atom stereocenters. The lowest BCUT2D eigenvalue weighted by Crippen LogP contribution is -2.49. The molecule has 4 nitrogen and oxygen atoms in total. The van der Waals surface area contributed by atoms with Crippen LogP contribution in [-0.2, 0) is 22.6 Å². The second-order valence-electron chi connectivity index (χ2n) is 7.17. The van der Waals surface area contributed by atoms with Crippen LogP contribution in [0.5, 0.6) is 0 Å². The highest BCUT2D eigenvalue weighted by Gasteiger charge is 2.28. The van der Waals surface area contributed by atoms with Crippen molar-refractivity contribution in [1.82, 2.24) is 10.2 Å². The van der Waals surface area contributed by atoms with Crippen LogP contribution < -0.4 is 5.32 Å². The molecule has 2 amide bonds. The molecule has 29 heavy (non-hydrogen) atoms. The molecule has 0 heterocycles. The van der Waals surface area contributed by atoms with Crippen LogP contribution in [0.25, 0.3) is 0 Å². The van der Waals surface area contributed by atoms with Crippen molar-refractivity contribution >= 4 is 23.4 Å². The number of carbonyl (C=O) groups is 2. The highest BCUT2D eigenvalue weighted by atomic mass is 35.5. The summed E-state index contributed by atoms with van der Waals surface area (Å²) in [6.07, 6.45) is 3.49. The van der Waals surface area contributed by atoms with E-state index in [9.17, 15) is 9.59 Å². The summed E-state index contributed by atoms with van der Waals surface area (Å²) in [5.41, 5.74) is 1.96. The Morgan fingerprint density at radius 1 is 1.03 bits per heavy atom. The molecule has 0 bridgehead atoms. The van der Waals surface area contributed by atoms with Gasteiger partial charge < -0.3 is 10.2 Å². The first-order chi connectivity index (χ1) is 14.1. The molecule has 0 aliphatic rings. The number of benzene rings is 2. The largest absolute Gasteiger partial charge is 0.354 e. The third-order valence-electron chi connectivity index (χ3n) is 4.98. The van der Waals surface area contributed by atoms with E-state index in [1.807, 2.05) is 61.5 Å². The van der Waals surface area contributed by atoms with Gasteiger partial charge in [0, 0.05) is 24.5 Å². The topological polar surface area (TPSA) is 49.4 Å². The molecular weight excluding hydrogens is 384 g/mol. The summed E-state index contributed by atoms with van der Waals surface area (Å²) in [5, 5.41) is 3.58. The van der Waals surface area contributed by atoms with Gasteiger partial charge in [0.15, 0.2) is 0 Å². The summed E-state index contributed by atoms with van der Waals surface area (Å²) in [6, 6.07) is 16.9. The van der Waals surface area contributed by atoms with E-state index < -0.39 is 6.04 Å². The number of halogens is 1. The zero-order chi connectivity index (χ0) is 21.1. The highest BCUT2D eigenvalue weighted by Crippen LogP contribution is 2.20. The summed E-state index contributed by atoms with van der Waals surface area (Å²) in [6.45, 7) is 4.98. The van der Waals surface area contributed by atoms with Crippen LogP contribution in [0, 0.1) is 0 Å². The van der Waals surface area contributed by atoms with E-state index in [2.05, 4.69) is 12.2 Å². The number of hydrogen-bond donors (Lipinski definition) is 1. The van der Waals surface area contributed by atoms with Gasteiger partial charge in [-0.2, -0.15) is 0 Å². The summed E-state index contributed by atoms with van der Waals surface area (Å²) >= 11 is 6.34. The van der Waals surface area contributed by atoms with Crippen LogP contribution >= 0.6 is 11.6 Å². The number of unbranched alkanes of at least 4 members (excludes halogenated alkanes) is 1. The van der Waals surface area contributed by atoms with Gasteiger partial charge in [-0.25, -0.2) is 0 Å². The van der Waals surface area contributed by atoms with Crippen LogP contribution in [0.1, 0.15) is 50.7 Å². The van der Waals surface area contributed by atoms with Crippen molar-refractivity contribution in [1.29, 1.82) is 0 Å². The van der Waals surface area contributed by atoms with Crippen LogP contribution in [-0.4, -0.2) is 29.3 Å². The molecule has 0 fully saturated rings. The third-order valence-corrected chi connectivity index (χ3v) is 5.35. The maximum Gasteiger partial charge on any atom is 0.242 e. The number of rotatable bonds is 11. The zero-order valence-electron chi connectivity index (χ0n) is 17.4. The first-order valence-electron chi connectivity index (χ1n) is 10.4. The minimum atomic E-state index is -0.508. The Morgan fingerprint density at radius 3 is 2.38 bits per heavy atom. The highest BCUT2D eigenvalue weighted by molar-refractivity contribution is 6.31. The average molecular weight is 415 g/mol. The second kappa shape index (κ2) is 12.3. The SMILES string of the molecule is CCCCNC(=O)[C@@H](CC)N(Cc1ccccc1Cl)C(=O)CCc1ccccc1. The van der Waals surface area contributed by atoms with Crippen molar-refractivity contribution < 1.29 is 9.59 Å². The van der Waals surface area contributed by atoms with Gasteiger partial charge in [0.1, 0.15) is 6.04 Å². The van der Waals surface area contributed by atoms with E-state index in [4.69, 9.17) is 11.6 Å². The molecule has 0 saturated heterocycles. The maximum atomic E-state index is 13.2. The van der Waals surface area contributed by atoms with Gasteiger partial charge in [0.25, 0.3) is 0 Å². The van der Waals surface area contributed by atoms with E-state index in [1.165, 1.54) is 0 Å². The molecule has 2 rings (SSSR count). The molecule has 0 aromatic heterocycles. The molecule has 0 spiro atoms. The number of hydrogen-bond acceptors (Lipinski definition) is 2. The predicted molar refractivity (Wildman–Crippen MR) is 119 cm³/mol. The number of aryl methyl sites for hydroxylation is 1. The van der Waals surface area contributed by atoms with E-state index >= 15 is 0 Å². The van der Waals surface area contributed by atoms with Crippen LogP contribution in [0.3, 0.4) is 0 Å². The normalized spacial score (nSPS) is 11.7. The summed E-state index contributed by atoms with van der Waals surface area (Å²) in [5.74, 6) is -0.132. The zero-order valence-corrected chi connectivity index (χ0v) is 18.1. The van der Waals surface area contributed by atoms with E-state index in [1.54, 1.807) is 4.90 Å². The molecule has 5 heteroatoms. The quantitative estimate of drug-likeness (QED) is 0.526. The van der Waals surface area contributed by atoms with E-state index in [0.717, 1.165) is 24.0 Å². The number of nitrogens with zero attached hydrogens (tertiary/aromatic N) is 1. The third kappa shape index (κ3) is 7.21. The predicted octanol–water partition coefficient (Wildman–Crippen LogP) is 5.00. The average Bonchev–Trinajstić information content (AvgIpc) is 2.74. The van der Waals surface area contributed by atoms with Gasteiger partial charge in [-0.15, -0.1) is 0 Å². The van der Waals surface area contributed by atoms with E-state index in [0.29, 0.717) is 37.4 Å². The Bertz CT molecular complexity index is 779. The molecule has 1 N–H and O–H groups in total. The number of carbonyl (C=O) groups excluding carboxylic acids is 2. The number of amides is 2. The van der Waals surface area contributed by atoms with Crippen molar-refractivity contribution in [3.63, 3.8) is 0 Å². The molecule has 0 radical (unpaired) electrons. The lowest BCUT2D eigenvalue weighted by atomic mass is 10.1. The Morgan fingerprint density at radius 2 is 1.72 bits per heavy atom. The molecule has 2 aromatic carbocycles. The smallest absolute Gasteiger partial charge is 0.242 e. The van der Waals surface area contributed by atoms with Crippen molar-refractivity contribution in [3.05, 3.63) is 70.7 Å². The Labute approximate surface area is 179 Å². The van der Waals surface area contributed by atoms with Gasteiger partial charge in [-0.1, -0.05) is 80.4 Å². The van der Waals surface area contributed by atoms with Crippen LogP contribution in [0.15, 0.2) is 54.6 Å². The Kier molecular flexibility index (Phi) is 9.72. The van der Waals surface area contributed by atoms with Gasteiger partial charge in [-0.05, 0) is 36.5 Å². The minimum Gasteiger partial charge on any atom is -0.354 e. The molecule has 0 saturated carbocycles. The van der Waals surface area contributed by atoms with Gasteiger partial charge in [0.05, 0.1) is 0 Å². The van der Waals surface area contributed by atoms with E-state index in [-0.39, 0.29) is 11.8 Å².